The third-order valence-corrected chi connectivity index (χ3v) is 3.41. The molecule has 0 aromatic heterocycles. The molecule has 0 atom stereocenters. The van der Waals surface area contributed by atoms with Crippen molar-refractivity contribution in [2.75, 3.05) is 0 Å². The third kappa shape index (κ3) is 2.25. The Bertz CT molecular complexity index is 334. The number of rotatable bonds is 1. The molecule has 0 aliphatic heterocycles. The van der Waals surface area contributed by atoms with Gasteiger partial charge in [0.25, 0.3) is 0 Å². The summed E-state index contributed by atoms with van der Waals surface area (Å²) in [6.45, 7) is 10.8. The standard InChI is InChI=1S/C13H18.C2H6/c1-4-12-10(3)9(2)8-11-6-5-7-13(11)12;1-2/h8H,4-7H2,1-3H3;1-2H3. The van der Waals surface area contributed by atoms with Gasteiger partial charge in [-0.1, -0.05) is 26.8 Å². The molecule has 0 N–H and O–H groups in total. The summed E-state index contributed by atoms with van der Waals surface area (Å²) in [7, 11) is 0. The molecule has 0 nitrogen and oxygen atoms in total. The highest BCUT2D eigenvalue weighted by molar-refractivity contribution is 5.47. The van der Waals surface area contributed by atoms with E-state index >= 15 is 0 Å². The molecule has 0 unspecified atom stereocenters. The first-order chi connectivity index (χ1) is 7.24. The first-order valence-corrected chi connectivity index (χ1v) is 6.35. The molecular weight excluding hydrogens is 180 g/mol. The molecule has 0 spiro atoms. The van der Waals surface area contributed by atoms with Crippen LogP contribution in [0.4, 0.5) is 0 Å². The van der Waals surface area contributed by atoms with E-state index in [1.165, 1.54) is 36.8 Å². The Hall–Kier alpha value is -0.780. The summed E-state index contributed by atoms with van der Waals surface area (Å²) in [5.74, 6) is 0. The molecule has 1 aliphatic rings. The van der Waals surface area contributed by atoms with Crippen molar-refractivity contribution < 1.29 is 0 Å². The van der Waals surface area contributed by atoms with E-state index in [0.717, 1.165) is 0 Å². The minimum absolute atomic E-state index is 1.20. The van der Waals surface area contributed by atoms with Gasteiger partial charge in [-0.3, -0.25) is 0 Å². The van der Waals surface area contributed by atoms with Crippen LogP contribution < -0.4 is 0 Å². The van der Waals surface area contributed by atoms with Crippen LogP contribution >= 0.6 is 0 Å². The number of benzene rings is 1. The highest BCUT2D eigenvalue weighted by atomic mass is 14.2. The van der Waals surface area contributed by atoms with Crippen molar-refractivity contribution in [3.05, 3.63) is 33.9 Å². The summed E-state index contributed by atoms with van der Waals surface area (Å²) in [6, 6.07) is 2.40. The van der Waals surface area contributed by atoms with Crippen LogP contribution in [0.2, 0.25) is 0 Å². The number of fused-ring (bicyclic) bond motifs is 1. The normalized spacial score (nSPS) is 13.1. The number of hydrogen-bond acceptors (Lipinski definition) is 0. The molecule has 0 saturated heterocycles. The van der Waals surface area contributed by atoms with E-state index in [0.29, 0.717) is 0 Å². The second-order valence-electron chi connectivity index (χ2n) is 4.14. The average Bonchev–Trinajstić information content (AvgIpc) is 2.70. The van der Waals surface area contributed by atoms with Gasteiger partial charge in [-0.2, -0.15) is 0 Å². The summed E-state index contributed by atoms with van der Waals surface area (Å²) < 4.78 is 0. The van der Waals surface area contributed by atoms with Crippen LogP contribution in [0.25, 0.3) is 0 Å². The molecule has 15 heavy (non-hydrogen) atoms. The summed E-state index contributed by atoms with van der Waals surface area (Å²) >= 11 is 0. The van der Waals surface area contributed by atoms with Crippen LogP contribution in [-0.2, 0) is 19.3 Å². The summed E-state index contributed by atoms with van der Waals surface area (Å²) in [4.78, 5) is 0. The average molecular weight is 204 g/mol. The Morgan fingerprint density at radius 3 is 2.40 bits per heavy atom. The number of hydrogen-bond donors (Lipinski definition) is 0. The van der Waals surface area contributed by atoms with Gasteiger partial charge in [0.2, 0.25) is 0 Å². The third-order valence-electron chi connectivity index (χ3n) is 3.41. The lowest BCUT2D eigenvalue weighted by atomic mass is 9.93. The highest BCUT2D eigenvalue weighted by Crippen LogP contribution is 2.30. The smallest absolute Gasteiger partial charge is 0.0270 e. The minimum Gasteiger partial charge on any atom is -0.0683 e. The van der Waals surface area contributed by atoms with E-state index in [-0.39, 0.29) is 0 Å². The fraction of sp³-hybridized carbons (Fsp3) is 0.600. The van der Waals surface area contributed by atoms with E-state index in [4.69, 9.17) is 0 Å². The second kappa shape index (κ2) is 5.34. The van der Waals surface area contributed by atoms with E-state index in [2.05, 4.69) is 26.8 Å². The predicted molar refractivity (Wildman–Crippen MR) is 68.7 cm³/mol. The zero-order chi connectivity index (χ0) is 11.4. The van der Waals surface area contributed by atoms with Gasteiger partial charge >= 0.3 is 0 Å². The van der Waals surface area contributed by atoms with Gasteiger partial charge < -0.3 is 0 Å². The van der Waals surface area contributed by atoms with Gasteiger partial charge in [-0.05, 0) is 67.3 Å². The molecule has 0 heterocycles. The minimum atomic E-state index is 1.20. The van der Waals surface area contributed by atoms with Crippen LogP contribution in [0.5, 0.6) is 0 Å². The fourth-order valence-electron chi connectivity index (χ4n) is 2.58. The Morgan fingerprint density at radius 2 is 1.80 bits per heavy atom. The van der Waals surface area contributed by atoms with Crippen LogP contribution in [0.15, 0.2) is 6.07 Å². The maximum absolute atomic E-state index is 2.40. The van der Waals surface area contributed by atoms with Crippen molar-refractivity contribution in [3.8, 4) is 0 Å². The van der Waals surface area contributed by atoms with Crippen LogP contribution in [0.3, 0.4) is 0 Å². The number of aryl methyl sites for hydroxylation is 2. The van der Waals surface area contributed by atoms with Crippen LogP contribution in [0.1, 0.15) is 55.0 Å². The molecule has 84 valence electrons. The van der Waals surface area contributed by atoms with E-state index in [1.54, 1.807) is 16.7 Å². The quantitative estimate of drug-likeness (QED) is 0.637. The molecule has 0 bridgehead atoms. The predicted octanol–water partition coefficient (Wildman–Crippen LogP) is 4.38. The first kappa shape index (κ1) is 12.3. The van der Waals surface area contributed by atoms with E-state index in [9.17, 15) is 0 Å². The zero-order valence-corrected chi connectivity index (χ0v) is 10.9. The van der Waals surface area contributed by atoms with Gasteiger partial charge in [-0.15, -0.1) is 0 Å². The van der Waals surface area contributed by atoms with Crippen molar-refractivity contribution in [2.45, 2.75) is 60.3 Å². The molecule has 0 heteroatoms. The summed E-state index contributed by atoms with van der Waals surface area (Å²) in [5, 5.41) is 0. The van der Waals surface area contributed by atoms with Gasteiger partial charge in [-0.25, -0.2) is 0 Å². The highest BCUT2D eigenvalue weighted by Gasteiger charge is 2.16. The second-order valence-corrected chi connectivity index (χ2v) is 4.14. The molecule has 0 radical (unpaired) electrons. The summed E-state index contributed by atoms with van der Waals surface area (Å²) in [6.07, 6.45) is 5.20. The van der Waals surface area contributed by atoms with Crippen molar-refractivity contribution in [3.63, 3.8) is 0 Å². The van der Waals surface area contributed by atoms with Crippen molar-refractivity contribution in [1.29, 1.82) is 0 Å². The van der Waals surface area contributed by atoms with Crippen molar-refractivity contribution >= 4 is 0 Å². The zero-order valence-electron chi connectivity index (χ0n) is 10.9. The molecule has 0 saturated carbocycles. The Kier molecular flexibility index (Phi) is 4.38. The van der Waals surface area contributed by atoms with Gasteiger partial charge in [0, 0.05) is 0 Å². The Labute approximate surface area is 94.7 Å². The molecule has 1 aromatic rings. The largest absolute Gasteiger partial charge is 0.0683 e. The molecule has 2 rings (SSSR count). The molecule has 0 amide bonds. The maximum Gasteiger partial charge on any atom is -0.0270 e. The van der Waals surface area contributed by atoms with Gasteiger partial charge in [0.15, 0.2) is 0 Å². The molecular formula is C15H24. The van der Waals surface area contributed by atoms with E-state index in [1.807, 2.05) is 13.8 Å². The van der Waals surface area contributed by atoms with Crippen LogP contribution in [-0.4, -0.2) is 0 Å². The van der Waals surface area contributed by atoms with Crippen molar-refractivity contribution in [1.82, 2.24) is 0 Å². The monoisotopic (exact) mass is 204 g/mol. The van der Waals surface area contributed by atoms with Gasteiger partial charge in [0.05, 0.1) is 0 Å². The first-order valence-electron chi connectivity index (χ1n) is 6.35. The van der Waals surface area contributed by atoms with Crippen molar-refractivity contribution in [2.24, 2.45) is 0 Å². The lowest BCUT2D eigenvalue weighted by Gasteiger charge is -2.13. The molecule has 0 fully saturated rings. The van der Waals surface area contributed by atoms with Crippen LogP contribution in [0, 0.1) is 13.8 Å². The topological polar surface area (TPSA) is 0 Å². The van der Waals surface area contributed by atoms with E-state index < -0.39 is 0 Å². The Balaban J connectivity index is 0.000000531. The Morgan fingerprint density at radius 1 is 1.13 bits per heavy atom. The summed E-state index contributed by atoms with van der Waals surface area (Å²) in [5.41, 5.74) is 7.94. The lowest BCUT2D eigenvalue weighted by Crippen LogP contribution is -1.98. The lowest BCUT2D eigenvalue weighted by molar-refractivity contribution is 0.904. The molecule has 1 aliphatic carbocycles. The fourth-order valence-corrected chi connectivity index (χ4v) is 2.58. The SMILES string of the molecule is CC.CCc1c(C)c(C)cc2c1CCC2. The maximum atomic E-state index is 2.40. The molecule has 1 aromatic carbocycles. The van der Waals surface area contributed by atoms with Gasteiger partial charge in [0.1, 0.15) is 0 Å².